The van der Waals surface area contributed by atoms with Crippen molar-refractivity contribution in [2.75, 3.05) is 59.0 Å². The van der Waals surface area contributed by atoms with E-state index in [-0.39, 0.29) is 24.9 Å². The minimum absolute atomic E-state index is 0.0745. The van der Waals surface area contributed by atoms with Crippen molar-refractivity contribution in [1.82, 2.24) is 20.0 Å². The lowest BCUT2D eigenvalue weighted by molar-refractivity contribution is -0.131. The van der Waals surface area contributed by atoms with Gasteiger partial charge in [-0.05, 0) is 61.0 Å². The van der Waals surface area contributed by atoms with Crippen molar-refractivity contribution in [1.29, 1.82) is 0 Å². The number of hydrogen-bond donors (Lipinski definition) is 0. The van der Waals surface area contributed by atoms with E-state index in [1.165, 1.54) is 4.90 Å². The summed E-state index contributed by atoms with van der Waals surface area (Å²) in [7, 11) is 4.77. The molecule has 0 spiro atoms. The van der Waals surface area contributed by atoms with Crippen LogP contribution in [-0.2, 0) is 11.3 Å². The summed E-state index contributed by atoms with van der Waals surface area (Å²) in [6.45, 7) is 2.49. The van der Waals surface area contributed by atoms with Gasteiger partial charge in [0.15, 0.2) is 5.82 Å². The number of aromatic nitrogens is 2. The second kappa shape index (κ2) is 13.7. The third kappa shape index (κ3) is 7.06. The van der Waals surface area contributed by atoms with Gasteiger partial charge in [-0.1, -0.05) is 6.07 Å². The Balaban J connectivity index is 1.25. The number of hydrogen-bond acceptors (Lipinski definition) is 9. The molecular weight excluding hydrogens is 550 g/mol. The molecular formula is C32H35N5O6. The summed E-state index contributed by atoms with van der Waals surface area (Å²) >= 11 is 0. The topological polar surface area (TPSA) is 110 Å². The molecule has 0 radical (unpaired) electrons. The standard InChI is InChI=1S/C32H35N5O6/c1-40-24-8-4-7-23(19-24)32(39)37(21-26-9-5-18-43-26)22-31(38)36-15-6-14-35(16-17-36)30-13-12-28(33-34-30)27-11-10-25(41-2)20-29(27)42-3/h4-5,7-13,18-20H,6,14-17,21-22H2,1-3H3. The molecule has 43 heavy (non-hydrogen) atoms. The van der Waals surface area contributed by atoms with Crippen molar-refractivity contribution in [3.05, 3.63) is 84.3 Å². The largest absolute Gasteiger partial charge is 0.497 e. The van der Waals surface area contributed by atoms with Crippen molar-refractivity contribution >= 4 is 17.6 Å². The number of methoxy groups -OCH3 is 3. The number of ether oxygens (including phenoxy) is 3. The molecule has 2 aromatic heterocycles. The number of rotatable bonds is 10. The van der Waals surface area contributed by atoms with Gasteiger partial charge < -0.3 is 33.3 Å². The van der Waals surface area contributed by atoms with E-state index in [2.05, 4.69) is 15.1 Å². The molecule has 2 amide bonds. The Morgan fingerprint density at radius 1 is 0.860 bits per heavy atom. The molecule has 0 atom stereocenters. The van der Waals surface area contributed by atoms with Crippen molar-refractivity contribution in [2.24, 2.45) is 0 Å². The first-order valence-electron chi connectivity index (χ1n) is 14.0. The lowest BCUT2D eigenvalue weighted by atomic mass is 10.1. The van der Waals surface area contributed by atoms with Crippen molar-refractivity contribution in [3.63, 3.8) is 0 Å². The maximum absolute atomic E-state index is 13.5. The van der Waals surface area contributed by atoms with Gasteiger partial charge in [-0.2, -0.15) is 0 Å². The summed E-state index contributed by atoms with van der Waals surface area (Å²) in [6.07, 6.45) is 2.31. The molecule has 0 aliphatic carbocycles. The Morgan fingerprint density at radius 2 is 1.70 bits per heavy atom. The lowest BCUT2D eigenvalue weighted by Gasteiger charge is -2.27. The zero-order valence-corrected chi connectivity index (χ0v) is 24.6. The summed E-state index contributed by atoms with van der Waals surface area (Å²) < 4.78 is 21.6. The van der Waals surface area contributed by atoms with E-state index in [1.54, 1.807) is 68.9 Å². The quantitative estimate of drug-likeness (QED) is 0.271. The van der Waals surface area contributed by atoms with Gasteiger partial charge in [0.1, 0.15) is 29.6 Å². The molecule has 3 heterocycles. The monoisotopic (exact) mass is 585 g/mol. The van der Waals surface area contributed by atoms with Crippen LogP contribution in [-0.4, -0.2) is 85.9 Å². The summed E-state index contributed by atoms with van der Waals surface area (Å²) in [5.74, 6) is 2.85. The predicted octanol–water partition coefficient (Wildman–Crippen LogP) is 4.14. The predicted molar refractivity (Wildman–Crippen MR) is 160 cm³/mol. The van der Waals surface area contributed by atoms with Gasteiger partial charge in [0.25, 0.3) is 5.91 Å². The minimum Gasteiger partial charge on any atom is -0.497 e. The number of anilines is 1. The van der Waals surface area contributed by atoms with Crippen LogP contribution in [0.5, 0.6) is 17.2 Å². The van der Waals surface area contributed by atoms with Gasteiger partial charge in [0.2, 0.25) is 5.91 Å². The third-order valence-corrected chi connectivity index (χ3v) is 7.36. The molecule has 2 aromatic carbocycles. The number of carbonyl (C=O) groups is 2. The van der Waals surface area contributed by atoms with E-state index < -0.39 is 0 Å². The van der Waals surface area contributed by atoms with Crippen LogP contribution in [0.1, 0.15) is 22.5 Å². The highest BCUT2D eigenvalue weighted by atomic mass is 16.5. The SMILES string of the molecule is COc1cccc(C(=O)N(CC(=O)N2CCCN(c3ccc(-c4ccc(OC)cc4OC)nn3)CC2)Cc2ccco2)c1. The van der Waals surface area contributed by atoms with Crippen LogP contribution < -0.4 is 19.1 Å². The number of benzene rings is 2. The average Bonchev–Trinajstić information content (AvgIpc) is 3.45. The first-order chi connectivity index (χ1) is 21.0. The van der Waals surface area contributed by atoms with Gasteiger partial charge in [0, 0.05) is 43.4 Å². The van der Waals surface area contributed by atoms with Crippen LogP contribution in [0.4, 0.5) is 5.82 Å². The molecule has 0 N–H and O–H groups in total. The molecule has 1 aliphatic heterocycles. The summed E-state index contributed by atoms with van der Waals surface area (Å²) in [5.41, 5.74) is 1.94. The Kier molecular flexibility index (Phi) is 9.40. The lowest BCUT2D eigenvalue weighted by Crippen LogP contribution is -2.44. The zero-order chi connectivity index (χ0) is 30.2. The highest BCUT2D eigenvalue weighted by Gasteiger charge is 2.26. The molecule has 4 aromatic rings. The minimum atomic E-state index is -0.274. The van der Waals surface area contributed by atoms with Gasteiger partial charge in [0.05, 0.1) is 39.8 Å². The average molecular weight is 586 g/mol. The van der Waals surface area contributed by atoms with E-state index in [1.807, 2.05) is 30.3 Å². The molecule has 0 unspecified atom stereocenters. The van der Waals surface area contributed by atoms with Crippen LogP contribution in [0.2, 0.25) is 0 Å². The summed E-state index contributed by atoms with van der Waals surface area (Å²) in [5, 5.41) is 8.93. The Bertz CT molecular complexity index is 1530. The molecule has 11 nitrogen and oxygen atoms in total. The fourth-order valence-electron chi connectivity index (χ4n) is 5.04. The Hall–Kier alpha value is -5.06. The van der Waals surface area contributed by atoms with Gasteiger partial charge >= 0.3 is 0 Å². The molecule has 5 rings (SSSR count). The number of furan rings is 1. The fourth-order valence-corrected chi connectivity index (χ4v) is 5.04. The number of carbonyl (C=O) groups excluding carboxylic acids is 2. The van der Waals surface area contributed by atoms with E-state index in [9.17, 15) is 9.59 Å². The first kappa shape index (κ1) is 29.4. The maximum atomic E-state index is 13.5. The smallest absolute Gasteiger partial charge is 0.254 e. The van der Waals surface area contributed by atoms with Crippen LogP contribution in [0, 0.1) is 0 Å². The molecule has 224 valence electrons. The normalized spacial score (nSPS) is 13.3. The molecule has 0 bridgehead atoms. The Morgan fingerprint density at radius 3 is 2.42 bits per heavy atom. The Labute approximate surface area is 250 Å². The van der Waals surface area contributed by atoms with Crippen molar-refractivity contribution in [3.8, 4) is 28.5 Å². The van der Waals surface area contributed by atoms with E-state index in [4.69, 9.17) is 18.6 Å². The van der Waals surface area contributed by atoms with E-state index in [0.717, 1.165) is 24.3 Å². The van der Waals surface area contributed by atoms with Crippen LogP contribution in [0.15, 0.2) is 77.4 Å². The number of amides is 2. The third-order valence-electron chi connectivity index (χ3n) is 7.36. The second-order valence-electron chi connectivity index (χ2n) is 10.0. The van der Waals surface area contributed by atoms with Gasteiger partial charge in [-0.15, -0.1) is 10.2 Å². The van der Waals surface area contributed by atoms with Crippen LogP contribution in [0.25, 0.3) is 11.3 Å². The van der Waals surface area contributed by atoms with Crippen molar-refractivity contribution in [2.45, 2.75) is 13.0 Å². The second-order valence-corrected chi connectivity index (χ2v) is 10.0. The number of nitrogens with zero attached hydrogens (tertiary/aromatic N) is 5. The van der Waals surface area contributed by atoms with E-state index in [0.29, 0.717) is 53.9 Å². The fraction of sp³-hybridized carbons (Fsp3) is 0.312. The summed E-state index contributed by atoms with van der Waals surface area (Å²) in [4.78, 5) is 32.4. The molecule has 1 fully saturated rings. The first-order valence-corrected chi connectivity index (χ1v) is 14.0. The molecule has 1 saturated heterocycles. The highest BCUT2D eigenvalue weighted by Crippen LogP contribution is 2.32. The highest BCUT2D eigenvalue weighted by molar-refractivity contribution is 5.96. The maximum Gasteiger partial charge on any atom is 0.254 e. The summed E-state index contributed by atoms with van der Waals surface area (Å²) in [6, 6.07) is 19.9. The zero-order valence-electron chi connectivity index (χ0n) is 24.6. The van der Waals surface area contributed by atoms with Gasteiger partial charge in [-0.3, -0.25) is 9.59 Å². The van der Waals surface area contributed by atoms with Gasteiger partial charge in [-0.25, -0.2) is 0 Å². The molecule has 1 aliphatic rings. The van der Waals surface area contributed by atoms with E-state index >= 15 is 0 Å². The van der Waals surface area contributed by atoms with Crippen LogP contribution >= 0.6 is 0 Å². The van der Waals surface area contributed by atoms with Crippen molar-refractivity contribution < 1.29 is 28.2 Å². The molecule has 11 heteroatoms. The molecule has 0 saturated carbocycles. The van der Waals surface area contributed by atoms with Crippen LogP contribution in [0.3, 0.4) is 0 Å².